The predicted molar refractivity (Wildman–Crippen MR) is 77.2 cm³/mol. The second-order valence-corrected chi connectivity index (χ2v) is 5.14. The van der Waals surface area contributed by atoms with E-state index in [0.717, 1.165) is 49.5 Å². The second kappa shape index (κ2) is 8.12. The van der Waals surface area contributed by atoms with Gasteiger partial charge in [0.25, 0.3) is 0 Å². The van der Waals surface area contributed by atoms with Crippen LogP contribution in [0.2, 0.25) is 0 Å². The third kappa shape index (κ3) is 4.39. The van der Waals surface area contributed by atoms with Gasteiger partial charge in [-0.2, -0.15) is 0 Å². The van der Waals surface area contributed by atoms with E-state index in [9.17, 15) is 5.11 Å². The van der Waals surface area contributed by atoms with Crippen LogP contribution in [0.1, 0.15) is 31.7 Å². The molecule has 0 amide bonds. The van der Waals surface area contributed by atoms with Gasteiger partial charge in [-0.25, -0.2) is 0 Å². The van der Waals surface area contributed by atoms with Crippen LogP contribution in [0.5, 0.6) is 11.5 Å². The molecule has 1 aliphatic rings. The fourth-order valence-corrected chi connectivity index (χ4v) is 2.23. The Balaban J connectivity index is 1.96. The average Bonchev–Trinajstić information content (AvgIpc) is 2.52. The monoisotopic (exact) mass is 280 g/mol. The van der Waals surface area contributed by atoms with Crippen LogP contribution in [-0.4, -0.2) is 31.5 Å². The molecule has 0 unspecified atom stereocenters. The SMILES string of the molecule is CCCOc1ccc(CO)c(OCC2CCOCC2)c1. The molecule has 1 aliphatic heterocycles. The van der Waals surface area contributed by atoms with Crippen molar-refractivity contribution in [3.05, 3.63) is 23.8 Å². The molecular weight excluding hydrogens is 256 g/mol. The summed E-state index contributed by atoms with van der Waals surface area (Å²) in [7, 11) is 0. The van der Waals surface area contributed by atoms with E-state index < -0.39 is 0 Å². The highest BCUT2D eigenvalue weighted by Gasteiger charge is 2.15. The van der Waals surface area contributed by atoms with Crippen molar-refractivity contribution in [1.82, 2.24) is 0 Å². The van der Waals surface area contributed by atoms with Gasteiger partial charge in [-0.15, -0.1) is 0 Å². The number of aliphatic hydroxyl groups excluding tert-OH is 1. The number of aliphatic hydroxyl groups is 1. The van der Waals surface area contributed by atoms with Crippen LogP contribution >= 0.6 is 0 Å². The fourth-order valence-electron chi connectivity index (χ4n) is 2.23. The van der Waals surface area contributed by atoms with Crippen molar-refractivity contribution in [2.75, 3.05) is 26.4 Å². The first-order valence-electron chi connectivity index (χ1n) is 7.40. The third-order valence-electron chi connectivity index (χ3n) is 3.50. The lowest BCUT2D eigenvalue weighted by atomic mass is 10.0. The van der Waals surface area contributed by atoms with Crippen LogP contribution in [0, 0.1) is 5.92 Å². The maximum Gasteiger partial charge on any atom is 0.128 e. The Morgan fingerprint density at radius 1 is 1.25 bits per heavy atom. The van der Waals surface area contributed by atoms with Gasteiger partial charge >= 0.3 is 0 Å². The van der Waals surface area contributed by atoms with E-state index in [4.69, 9.17) is 14.2 Å². The molecule has 0 saturated carbocycles. The summed E-state index contributed by atoms with van der Waals surface area (Å²) in [6, 6.07) is 5.62. The summed E-state index contributed by atoms with van der Waals surface area (Å²) >= 11 is 0. The Morgan fingerprint density at radius 2 is 2.05 bits per heavy atom. The Labute approximate surface area is 120 Å². The maximum atomic E-state index is 9.38. The zero-order valence-corrected chi connectivity index (χ0v) is 12.1. The summed E-state index contributed by atoms with van der Waals surface area (Å²) in [6.45, 7) is 5.06. The number of benzene rings is 1. The Bertz CT molecular complexity index is 399. The standard InChI is InChI=1S/C16H24O4/c1-2-7-19-15-4-3-14(11-17)16(10-15)20-12-13-5-8-18-9-6-13/h3-4,10,13,17H,2,5-9,11-12H2,1H3. The molecular formula is C16H24O4. The highest BCUT2D eigenvalue weighted by Crippen LogP contribution is 2.26. The van der Waals surface area contributed by atoms with E-state index in [0.29, 0.717) is 19.1 Å². The largest absolute Gasteiger partial charge is 0.493 e. The first kappa shape index (κ1) is 15.1. The molecule has 0 spiro atoms. The molecule has 1 N–H and O–H groups in total. The molecule has 2 rings (SSSR count). The van der Waals surface area contributed by atoms with E-state index in [1.807, 2.05) is 18.2 Å². The highest BCUT2D eigenvalue weighted by molar-refractivity contribution is 5.40. The van der Waals surface area contributed by atoms with Gasteiger partial charge in [-0.3, -0.25) is 0 Å². The van der Waals surface area contributed by atoms with Crippen LogP contribution in [0.3, 0.4) is 0 Å². The van der Waals surface area contributed by atoms with Crippen LogP contribution in [0.4, 0.5) is 0 Å². The average molecular weight is 280 g/mol. The van der Waals surface area contributed by atoms with Crippen LogP contribution in [0.25, 0.3) is 0 Å². The zero-order chi connectivity index (χ0) is 14.2. The van der Waals surface area contributed by atoms with Gasteiger partial charge in [-0.05, 0) is 37.3 Å². The number of rotatable bonds is 7. The molecule has 0 bridgehead atoms. The lowest BCUT2D eigenvalue weighted by Gasteiger charge is -2.22. The van der Waals surface area contributed by atoms with Gasteiger partial charge in [0, 0.05) is 24.8 Å². The minimum atomic E-state index is -0.0167. The maximum absolute atomic E-state index is 9.38. The van der Waals surface area contributed by atoms with Crippen molar-refractivity contribution in [3.63, 3.8) is 0 Å². The highest BCUT2D eigenvalue weighted by atomic mass is 16.5. The molecule has 112 valence electrons. The quantitative estimate of drug-likeness (QED) is 0.834. The molecule has 0 atom stereocenters. The Kier molecular flexibility index (Phi) is 6.15. The third-order valence-corrected chi connectivity index (χ3v) is 3.50. The predicted octanol–water partition coefficient (Wildman–Crippen LogP) is 2.77. The Hall–Kier alpha value is -1.26. The van der Waals surface area contributed by atoms with Gasteiger partial charge in [0.05, 0.1) is 19.8 Å². The number of hydrogen-bond donors (Lipinski definition) is 1. The van der Waals surface area contributed by atoms with Gasteiger partial charge < -0.3 is 19.3 Å². The summed E-state index contributed by atoms with van der Waals surface area (Å²) in [5.41, 5.74) is 0.806. The molecule has 20 heavy (non-hydrogen) atoms. The van der Waals surface area contributed by atoms with Crippen LogP contribution in [0.15, 0.2) is 18.2 Å². The van der Waals surface area contributed by atoms with E-state index in [2.05, 4.69) is 6.92 Å². The molecule has 1 saturated heterocycles. The lowest BCUT2D eigenvalue weighted by Crippen LogP contribution is -2.21. The normalized spacial score (nSPS) is 16.1. The van der Waals surface area contributed by atoms with Gasteiger partial charge in [-0.1, -0.05) is 6.92 Å². The first-order chi connectivity index (χ1) is 9.83. The van der Waals surface area contributed by atoms with Crippen LogP contribution < -0.4 is 9.47 Å². The smallest absolute Gasteiger partial charge is 0.128 e. The summed E-state index contributed by atoms with van der Waals surface area (Å²) in [5, 5.41) is 9.38. The lowest BCUT2D eigenvalue weighted by molar-refractivity contribution is 0.0493. The molecule has 0 radical (unpaired) electrons. The van der Waals surface area contributed by atoms with Crippen molar-refractivity contribution >= 4 is 0 Å². The molecule has 1 aromatic carbocycles. The van der Waals surface area contributed by atoms with E-state index in [1.165, 1.54) is 0 Å². The molecule has 0 aliphatic carbocycles. The number of ether oxygens (including phenoxy) is 3. The molecule has 4 nitrogen and oxygen atoms in total. The van der Waals surface area contributed by atoms with Gasteiger partial charge in [0.1, 0.15) is 11.5 Å². The summed E-state index contributed by atoms with van der Waals surface area (Å²) in [6.07, 6.45) is 3.06. The molecule has 4 heteroatoms. The summed E-state index contributed by atoms with van der Waals surface area (Å²) in [4.78, 5) is 0. The first-order valence-corrected chi connectivity index (χ1v) is 7.40. The van der Waals surface area contributed by atoms with Crippen molar-refractivity contribution < 1.29 is 19.3 Å². The molecule has 0 aromatic heterocycles. The fraction of sp³-hybridized carbons (Fsp3) is 0.625. The van der Waals surface area contributed by atoms with E-state index >= 15 is 0 Å². The topological polar surface area (TPSA) is 47.9 Å². The van der Waals surface area contributed by atoms with E-state index in [-0.39, 0.29) is 6.61 Å². The van der Waals surface area contributed by atoms with Crippen molar-refractivity contribution in [3.8, 4) is 11.5 Å². The van der Waals surface area contributed by atoms with Gasteiger partial charge in [0.15, 0.2) is 0 Å². The minimum absolute atomic E-state index is 0.0167. The minimum Gasteiger partial charge on any atom is -0.493 e. The molecule has 1 aromatic rings. The summed E-state index contributed by atoms with van der Waals surface area (Å²) < 4.78 is 16.8. The molecule has 1 heterocycles. The van der Waals surface area contributed by atoms with E-state index in [1.54, 1.807) is 0 Å². The van der Waals surface area contributed by atoms with Crippen molar-refractivity contribution in [1.29, 1.82) is 0 Å². The van der Waals surface area contributed by atoms with Gasteiger partial charge in [0.2, 0.25) is 0 Å². The zero-order valence-electron chi connectivity index (χ0n) is 12.1. The van der Waals surface area contributed by atoms with Crippen LogP contribution in [-0.2, 0) is 11.3 Å². The second-order valence-electron chi connectivity index (χ2n) is 5.14. The number of hydrogen-bond acceptors (Lipinski definition) is 4. The van der Waals surface area contributed by atoms with Crippen molar-refractivity contribution in [2.45, 2.75) is 32.8 Å². The summed E-state index contributed by atoms with van der Waals surface area (Å²) in [5.74, 6) is 2.06. The Morgan fingerprint density at radius 3 is 2.75 bits per heavy atom. The van der Waals surface area contributed by atoms with Crippen molar-refractivity contribution in [2.24, 2.45) is 5.92 Å². The molecule has 1 fully saturated rings.